The molecule has 0 radical (unpaired) electrons. The van der Waals surface area contributed by atoms with Gasteiger partial charge in [-0.1, -0.05) is 12.8 Å². The lowest BCUT2D eigenvalue weighted by atomic mass is 9.45. The second-order valence-electron chi connectivity index (χ2n) is 6.18. The number of carbonyl (C=O) groups is 2. The predicted octanol–water partition coefficient (Wildman–Crippen LogP) is 1.69. The van der Waals surface area contributed by atoms with Crippen LogP contribution in [0.5, 0.6) is 0 Å². The highest BCUT2D eigenvalue weighted by Crippen LogP contribution is 2.67. The summed E-state index contributed by atoms with van der Waals surface area (Å²) >= 11 is 0. The van der Waals surface area contributed by atoms with E-state index in [0.717, 1.165) is 25.7 Å². The lowest BCUT2D eigenvalue weighted by molar-refractivity contribution is -0.344. The Hall–Kier alpha value is -0.940. The molecule has 3 fully saturated rings. The maximum Gasteiger partial charge on any atom is 0.309 e. The Morgan fingerprint density at radius 1 is 1.15 bits per heavy atom. The van der Waals surface area contributed by atoms with E-state index < -0.39 is 11.2 Å². The predicted molar refractivity (Wildman–Crippen MR) is 69.8 cm³/mol. The molecule has 5 heteroatoms. The lowest BCUT2D eigenvalue weighted by Gasteiger charge is -2.63. The van der Waals surface area contributed by atoms with Crippen LogP contribution >= 0.6 is 0 Å². The first-order valence-corrected chi connectivity index (χ1v) is 7.43. The third-order valence-corrected chi connectivity index (χ3v) is 5.49. The Morgan fingerprint density at radius 2 is 1.85 bits per heavy atom. The van der Waals surface area contributed by atoms with Gasteiger partial charge in [-0.2, -0.15) is 0 Å². The molecule has 0 aromatic rings. The molecule has 112 valence electrons. The molecule has 0 aromatic carbocycles. The molecule has 0 amide bonds. The molecule has 1 saturated heterocycles. The highest BCUT2D eigenvalue weighted by molar-refractivity contribution is 5.83. The van der Waals surface area contributed by atoms with Gasteiger partial charge >= 0.3 is 5.97 Å². The molecule has 3 rings (SSSR count). The van der Waals surface area contributed by atoms with Crippen molar-refractivity contribution < 1.29 is 23.8 Å². The molecular formula is C15H22O5. The van der Waals surface area contributed by atoms with Crippen LogP contribution in [0.2, 0.25) is 0 Å². The molecular weight excluding hydrogens is 260 g/mol. The summed E-state index contributed by atoms with van der Waals surface area (Å²) in [5.74, 6) is -1.27. The number of ether oxygens (including phenoxy) is 3. The molecule has 1 aliphatic heterocycles. The number of ketones is 1. The molecule has 3 atom stereocenters. The second kappa shape index (κ2) is 4.81. The number of esters is 1. The first-order valence-electron chi connectivity index (χ1n) is 7.43. The normalized spacial score (nSPS) is 38.7. The van der Waals surface area contributed by atoms with Gasteiger partial charge in [-0.05, 0) is 19.8 Å². The van der Waals surface area contributed by atoms with E-state index in [-0.39, 0.29) is 23.6 Å². The maximum absolute atomic E-state index is 12.1. The van der Waals surface area contributed by atoms with Crippen molar-refractivity contribution in [3.05, 3.63) is 0 Å². The van der Waals surface area contributed by atoms with E-state index in [2.05, 4.69) is 0 Å². The van der Waals surface area contributed by atoms with E-state index in [9.17, 15) is 9.59 Å². The first-order chi connectivity index (χ1) is 9.57. The fourth-order valence-electron chi connectivity index (χ4n) is 4.69. The highest BCUT2D eigenvalue weighted by atomic mass is 16.7. The molecule has 0 aromatic heterocycles. The van der Waals surface area contributed by atoms with Gasteiger partial charge in [-0.15, -0.1) is 0 Å². The quantitative estimate of drug-likeness (QED) is 0.721. The van der Waals surface area contributed by atoms with Crippen LogP contribution in [0.4, 0.5) is 0 Å². The first kappa shape index (κ1) is 14.0. The van der Waals surface area contributed by atoms with Crippen molar-refractivity contribution in [1.29, 1.82) is 0 Å². The van der Waals surface area contributed by atoms with Gasteiger partial charge < -0.3 is 14.2 Å². The number of carbonyl (C=O) groups excluding carboxylic acids is 2. The van der Waals surface area contributed by atoms with Crippen molar-refractivity contribution >= 4 is 11.8 Å². The number of Topliss-reactive ketones (excluding diaryl/α,β-unsaturated/α-hetero) is 1. The topological polar surface area (TPSA) is 61.8 Å². The zero-order valence-electron chi connectivity index (χ0n) is 12.1. The minimum absolute atomic E-state index is 0.136. The largest absolute Gasteiger partial charge is 0.469 e. The van der Waals surface area contributed by atoms with Crippen LogP contribution in [0.25, 0.3) is 0 Å². The Labute approximate surface area is 118 Å². The molecule has 5 nitrogen and oxygen atoms in total. The average molecular weight is 282 g/mol. The van der Waals surface area contributed by atoms with E-state index in [1.165, 1.54) is 7.11 Å². The fraction of sp³-hybridized carbons (Fsp3) is 0.867. The standard InChI is InChI=1S/C15H22O5/c1-10(16)11-5-3-4-6-14(11)12(13(17)18-2)9-15(14)19-7-8-20-15/h11-12H,3-9H2,1-2H3/t11-,12+,14+/m0/s1. The molecule has 1 heterocycles. The summed E-state index contributed by atoms with van der Waals surface area (Å²) in [4.78, 5) is 24.3. The SMILES string of the molecule is COC(=O)[C@H]1CC2(OCCO2)[C@@]12CCCC[C@H]2C(C)=O. The van der Waals surface area contributed by atoms with Crippen molar-refractivity contribution in [2.24, 2.45) is 17.3 Å². The van der Waals surface area contributed by atoms with Crippen LogP contribution in [0, 0.1) is 17.3 Å². The van der Waals surface area contributed by atoms with Crippen LogP contribution in [-0.4, -0.2) is 37.9 Å². The number of fused-ring (bicyclic) bond motifs is 1. The van der Waals surface area contributed by atoms with E-state index in [1.807, 2.05) is 0 Å². The molecule has 0 unspecified atom stereocenters. The fourth-order valence-corrected chi connectivity index (χ4v) is 4.69. The molecule has 20 heavy (non-hydrogen) atoms. The van der Waals surface area contributed by atoms with Gasteiger partial charge in [0.25, 0.3) is 0 Å². The Balaban J connectivity index is 2.01. The van der Waals surface area contributed by atoms with Crippen molar-refractivity contribution in [2.75, 3.05) is 20.3 Å². The summed E-state index contributed by atoms with van der Waals surface area (Å²) < 4.78 is 16.7. The lowest BCUT2D eigenvalue weighted by Crippen LogP contribution is -2.71. The number of methoxy groups -OCH3 is 1. The third-order valence-electron chi connectivity index (χ3n) is 5.49. The van der Waals surface area contributed by atoms with Crippen molar-refractivity contribution in [2.45, 2.75) is 44.8 Å². The minimum atomic E-state index is -0.734. The van der Waals surface area contributed by atoms with Crippen LogP contribution in [-0.2, 0) is 23.8 Å². The summed E-state index contributed by atoms with van der Waals surface area (Å²) in [6, 6.07) is 0. The summed E-state index contributed by atoms with van der Waals surface area (Å²) in [6.07, 6.45) is 4.17. The van der Waals surface area contributed by atoms with E-state index in [0.29, 0.717) is 19.6 Å². The number of hydrogen-bond acceptors (Lipinski definition) is 5. The number of hydrogen-bond donors (Lipinski definition) is 0. The summed E-state index contributed by atoms with van der Waals surface area (Å²) in [5.41, 5.74) is -0.513. The van der Waals surface area contributed by atoms with Gasteiger partial charge in [0.1, 0.15) is 5.78 Å². The summed E-state index contributed by atoms with van der Waals surface area (Å²) in [5, 5.41) is 0. The van der Waals surface area contributed by atoms with Crippen molar-refractivity contribution in [1.82, 2.24) is 0 Å². The van der Waals surface area contributed by atoms with Gasteiger partial charge in [0, 0.05) is 17.8 Å². The van der Waals surface area contributed by atoms with Gasteiger partial charge in [0.2, 0.25) is 0 Å². The summed E-state index contributed by atoms with van der Waals surface area (Å²) in [6.45, 7) is 2.70. The molecule has 0 bridgehead atoms. The van der Waals surface area contributed by atoms with Crippen LogP contribution in [0.15, 0.2) is 0 Å². The van der Waals surface area contributed by atoms with Gasteiger partial charge in [0.15, 0.2) is 5.79 Å². The highest BCUT2D eigenvalue weighted by Gasteiger charge is 2.75. The molecule has 0 N–H and O–H groups in total. The number of rotatable bonds is 2. The average Bonchev–Trinajstić information content (AvgIpc) is 2.95. The molecule has 2 spiro atoms. The Bertz CT molecular complexity index is 426. The van der Waals surface area contributed by atoms with E-state index in [4.69, 9.17) is 14.2 Å². The minimum Gasteiger partial charge on any atom is -0.469 e. The van der Waals surface area contributed by atoms with E-state index in [1.54, 1.807) is 6.92 Å². The Kier molecular flexibility index (Phi) is 3.37. The summed E-state index contributed by atoms with van der Waals surface area (Å²) in [7, 11) is 1.41. The van der Waals surface area contributed by atoms with Crippen LogP contribution < -0.4 is 0 Å². The zero-order chi connectivity index (χ0) is 14.4. The van der Waals surface area contributed by atoms with Crippen LogP contribution in [0.3, 0.4) is 0 Å². The second-order valence-corrected chi connectivity index (χ2v) is 6.18. The third kappa shape index (κ3) is 1.62. The molecule has 2 saturated carbocycles. The van der Waals surface area contributed by atoms with Gasteiger partial charge in [-0.25, -0.2) is 0 Å². The van der Waals surface area contributed by atoms with Crippen molar-refractivity contribution in [3.63, 3.8) is 0 Å². The van der Waals surface area contributed by atoms with E-state index >= 15 is 0 Å². The molecule has 3 aliphatic rings. The maximum atomic E-state index is 12.1. The van der Waals surface area contributed by atoms with Crippen LogP contribution in [0.1, 0.15) is 39.0 Å². The monoisotopic (exact) mass is 282 g/mol. The van der Waals surface area contributed by atoms with Gasteiger partial charge in [-0.3, -0.25) is 9.59 Å². The van der Waals surface area contributed by atoms with Gasteiger partial charge in [0.05, 0.1) is 26.2 Å². The molecule has 2 aliphatic carbocycles. The van der Waals surface area contributed by atoms with Crippen molar-refractivity contribution in [3.8, 4) is 0 Å². The smallest absolute Gasteiger partial charge is 0.309 e. The Morgan fingerprint density at radius 3 is 2.45 bits per heavy atom. The zero-order valence-corrected chi connectivity index (χ0v) is 12.1.